The van der Waals surface area contributed by atoms with E-state index in [0.29, 0.717) is 6.54 Å². The summed E-state index contributed by atoms with van der Waals surface area (Å²) >= 11 is 0. The molecule has 21 heavy (non-hydrogen) atoms. The summed E-state index contributed by atoms with van der Waals surface area (Å²) in [5.41, 5.74) is 0.884. The van der Waals surface area contributed by atoms with Gasteiger partial charge in [0, 0.05) is 6.54 Å². The van der Waals surface area contributed by atoms with Crippen LogP contribution in [0.25, 0.3) is 0 Å². The molecule has 0 atom stereocenters. The Morgan fingerprint density at radius 1 is 0.857 bits per heavy atom. The highest BCUT2D eigenvalue weighted by Gasteiger charge is 2.07. The monoisotopic (exact) mass is 291 g/mol. The quantitative estimate of drug-likeness (QED) is 0.629. The fourth-order valence-electron chi connectivity index (χ4n) is 1.59. The summed E-state index contributed by atoms with van der Waals surface area (Å²) < 4.78 is 0. The van der Waals surface area contributed by atoms with E-state index in [9.17, 15) is 14.4 Å². The molecule has 6 heteroatoms. The second-order valence-electron chi connectivity index (χ2n) is 4.57. The molecule has 3 amide bonds. The van der Waals surface area contributed by atoms with E-state index in [1.807, 2.05) is 37.3 Å². The summed E-state index contributed by atoms with van der Waals surface area (Å²) in [6.07, 6.45) is 1.07. The first-order valence-corrected chi connectivity index (χ1v) is 6.96. The summed E-state index contributed by atoms with van der Waals surface area (Å²) in [5, 5.41) is 7.60. The Balaban J connectivity index is 2.17. The third kappa shape index (κ3) is 7.71. The molecule has 0 heterocycles. The molecule has 1 rings (SSSR count). The molecule has 0 spiro atoms. The molecule has 0 aliphatic rings. The van der Waals surface area contributed by atoms with Gasteiger partial charge in [-0.05, 0) is 12.0 Å². The summed E-state index contributed by atoms with van der Waals surface area (Å²) in [5.74, 6) is -0.851. The molecule has 1 aromatic rings. The Kier molecular flexibility index (Phi) is 7.56. The van der Waals surface area contributed by atoms with Crippen LogP contribution < -0.4 is 16.0 Å². The Morgan fingerprint density at radius 2 is 1.43 bits per heavy atom. The van der Waals surface area contributed by atoms with Crippen LogP contribution in [0.5, 0.6) is 0 Å². The zero-order valence-electron chi connectivity index (χ0n) is 12.1. The van der Waals surface area contributed by atoms with Crippen molar-refractivity contribution < 1.29 is 14.4 Å². The van der Waals surface area contributed by atoms with Crippen molar-refractivity contribution in [1.82, 2.24) is 16.0 Å². The van der Waals surface area contributed by atoms with Crippen LogP contribution in [-0.2, 0) is 20.8 Å². The number of carbonyl (C=O) groups is 3. The molecular weight excluding hydrogens is 270 g/mol. The fraction of sp³-hybridized carbons (Fsp3) is 0.400. The van der Waals surface area contributed by atoms with Crippen molar-refractivity contribution in [2.24, 2.45) is 0 Å². The van der Waals surface area contributed by atoms with Gasteiger partial charge in [0.25, 0.3) is 0 Å². The van der Waals surface area contributed by atoms with Crippen molar-refractivity contribution in [1.29, 1.82) is 0 Å². The van der Waals surface area contributed by atoms with Crippen molar-refractivity contribution in [3.63, 3.8) is 0 Å². The lowest BCUT2D eigenvalue weighted by atomic mass is 10.1. The lowest BCUT2D eigenvalue weighted by Gasteiger charge is -2.07. The van der Waals surface area contributed by atoms with Gasteiger partial charge in [0.05, 0.1) is 19.5 Å². The maximum Gasteiger partial charge on any atom is 0.239 e. The zero-order chi connectivity index (χ0) is 15.5. The van der Waals surface area contributed by atoms with Crippen molar-refractivity contribution in [2.45, 2.75) is 19.8 Å². The number of hydrogen-bond donors (Lipinski definition) is 3. The van der Waals surface area contributed by atoms with Crippen LogP contribution >= 0.6 is 0 Å². The van der Waals surface area contributed by atoms with E-state index in [2.05, 4.69) is 16.0 Å². The molecule has 0 bridgehead atoms. The smallest absolute Gasteiger partial charge is 0.239 e. The van der Waals surface area contributed by atoms with E-state index in [1.54, 1.807) is 0 Å². The second-order valence-corrected chi connectivity index (χ2v) is 4.57. The van der Waals surface area contributed by atoms with Gasteiger partial charge < -0.3 is 16.0 Å². The molecule has 0 saturated carbocycles. The van der Waals surface area contributed by atoms with Crippen LogP contribution in [0.15, 0.2) is 30.3 Å². The van der Waals surface area contributed by atoms with Crippen molar-refractivity contribution >= 4 is 17.7 Å². The number of benzene rings is 1. The molecular formula is C15H21N3O3. The first-order chi connectivity index (χ1) is 10.1. The molecule has 114 valence electrons. The van der Waals surface area contributed by atoms with Crippen LogP contribution in [0.3, 0.4) is 0 Å². The molecule has 6 nitrogen and oxygen atoms in total. The number of rotatable bonds is 8. The zero-order valence-corrected chi connectivity index (χ0v) is 12.1. The van der Waals surface area contributed by atoms with Gasteiger partial charge in [0.15, 0.2) is 0 Å². The minimum Gasteiger partial charge on any atom is -0.355 e. The van der Waals surface area contributed by atoms with E-state index in [4.69, 9.17) is 0 Å². The summed E-state index contributed by atoms with van der Waals surface area (Å²) in [6.45, 7) is 2.32. The van der Waals surface area contributed by atoms with Crippen molar-refractivity contribution in [2.75, 3.05) is 19.6 Å². The second kappa shape index (κ2) is 9.52. The number of carbonyl (C=O) groups excluding carboxylic acids is 3. The van der Waals surface area contributed by atoms with Crippen LogP contribution in [-0.4, -0.2) is 37.4 Å². The molecule has 0 radical (unpaired) electrons. The first-order valence-electron chi connectivity index (χ1n) is 6.96. The fourth-order valence-corrected chi connectivity index (χ4v) is 1.59. The van der Waals surface area contributed by atoms with E-state index in [0.717, 1.165) is 12.0 Å². The van der Waals surface area contributed by atoms with Gasteiger partial charge in [-0.15, -0.1) is 0 Å². The van der Waals surface area contributed by atoms with Gasteiger partial charge in [0.2, 0.25) is 17.7 Å². The van der Waals surface area contributed by atoms with Crippen LogP contribution in [0, 0.1) is 0 Å². The highest BCUT2D eigenvalue weighted by Crippen LogP contribution is 1.98. The van der Waals surface area contributed by atoms with Crippen molar-refractivity contribution in [3.8, 4) is 0 Å². The average molecular weight is 291 g/mol. The predicted molar refractivity (Wildman–Crippen MR) is 79.5 cm³/mol. The summed E-state index contributed by atoms with van der Waals surface area (Å²) in [7, 11) is 0. The Morgan fingerprint density at radius 3 is 2.05 bits per heavy atom. The van der Waals surface area contributed by atoms with Crippen LogP contribution in [0.4, 0.5) is 0 Å². The highest BCUT2D eigenvalue weighted by molar-refractivity contribution is 5.88. The van der Waals surface area contributed by atoms with E-state index >= 15 is 0 Å². The Labute approximate surface area is 124 Å². The molecule has 0 unspecified atom stereocenters. The predicted octanol–water partition coefficient (Wildman–Crippen LogP) is -0.0123. The molecule has 0 saturated heterocycles. The SMILES string of the molecule is CCCNC(=O)CNC(=O)CNC(=O)Cc1ccccc1. The lowest BCUT2D eigenvalue weighted by molar-refractivity contribution is -0.127. The van der Waals surface area contributed by atoms with Gasteiger partial charge in [-0.3, -0.25) is 14.4 Å². The summed E-state index contributed by atoms with van der Waals surface area (Å²) in [6, 6.07) is 9.27. The molecule has 0 fully saturated rings. The van der Waals surface area contributed by atoms with Gasteiger partial charge >= 0.3 is 0 Å². The third-order valence-electron chi connectivity index (χ3n) is 2.67. The first kappa shape index (κ1) is 16.7. The number of amides is 3. The highest BCUT2D eigenvalue weighted by atomic mass is 16.2. The normalized spacial score (nSPS) is 9.76. The van der Waals surface area contributed by atoms with Gasteiger partial charge in [-0.2, -0.15) is 0 Å². The number of nitrogens with one attached hydrogen (secondary N) is 3. The topological polar surface area (TPSA) is 87.3 Å². The minimum absolute atomic E-state index is 0.0760. The maximum absolute atomic E-state index is 11.6. The standard InChI is InChI=1S/C15H21N3O3/c1-2-8-16-14(20)10-18-15(21)11-17-13(19)9-12-6-4-3-5-7-12/h3-7H,2,8-11H2,1H3,(H,16,20)(H,17,19)(H,18,21). The van der Waals surface area contributed by atoms with Crippen LogP contribution in [0.1, 0.15) is 18.9 Å². The average Bonchev–Trinajstić information content (AvgIpc) is 2.49. The van der Waals surface area contributed by atoms with E-state index in [1.165, 1.54) is 0 Å². The van der Waals surface area contributed by atoms with Crippen molar-refractivity contribution in [3.05, 3.63) is 35.9 Å². The molecule has 0 aliphatic carbocycles. The van der Waals surface area contributed by atoms with Gasteiger partial charge in [-0.25, -0.2) is 0 Å². The molecule has 1 aromatic carbocycles. The maximum atomic E-state index is 11.6. The largest absolute Gasteiger partial charge is 0.355 e. The van der Waals surface area contributed by atoms with Crippen LogP contribution in [0.2, 0.25) is 0 Å². The minimum atomic E-state index is -0.386. The molecule has 0 aliphatic heterocycles. The lowest BCUT2D eigenvalue weighted by Crippen LogP contribution is -2.42. The van der Waals surface area contributed by atoms with Gasteiger partial charge in [-0.1, -0.05) is 37.3 Å². The molecule has 0 aromatic heterocycles. The van der Waals surface area contributed by atoms with E-state index in [-0.39, 0.29) is 37.2 Å². The van der Waals surface area contributed by atoms with E-state index < -0.39 is 0 Å². The molecule has 3 N–H and O–H groups in total. The number of hydrogen-bond acceptors (Lipinski definition) is 3. The Hall–Kier alpha value is -2.37. The third-order valence-corrected chi connectivity index (χ3v) is 2.67. The summed E-state index contributed by atoms with van der Waals surface area (Å²) in [4.78, 5) is 34.4. The Bertz CT molecular complexity index is 474. The van der Waals surface area contributed by atoms with Gasteiger partial charge in [0.1, 0.15) is 0 Å².